The molecule has 1 aliphatic rings. The van der Waals surface area contributed by atoms with Crippen LogP contribution in [0.25, 0.3) is 5.00 Å². The Hall–Kier alpha value is -2.51. The highest BCUT2D eigenvalue weighted by molar-refractivity contribution is 7.15. The molecule has 1 N–H and O–H groups in total. The maximum atomic E-state index is 8.44. The van der Waals surface area contributed by atoms with Crippen LogP contribution in [0, 0.1) is 26.2 Å². The molecule has 2 aromatic heterocycles. The lowest BCUT2D eigenvalue weighted by molar-refractivity contribution is 0.109. The van der Waals surface area contributed by atoms with Crippen LogP contribution >= 0.6 is 22.9 Å². The molecule has 0 saturated heterocycles. The first kappa shape index (κ1) is 21.7. The van der Waals surface area contributed by atoms with Gasteiger partial charge in [0.1, 0.15) is 22.5 Å². The molecule has 0 unspecified atom stereocenters. The van der Waals surface area contributed by atoms with Gasteiger partial charge in [0.25, 0.3) is 0 Å². The minimum Gasteiger partial charge on any atom is -0.475 e. The van der Waals surface area contributed by atoms with E-state index in [0.717, 1.165) is 33.5 Å². The Labute approximate surface area is 191 Å². The lowest BCUT2D eigenvalue weighted by Gasteiger charge is -2.23. The van der Waals surface area contributed by atoms with E-state index in [9.17, 15) is 0 Å². The van der Waals surface area contributed by atoms with Crippen LogP contribution in [0.3, 0.4) is 0 Å². The lowest BCUT2D eigenvalue weighted by atomic mass is 9.99. The lowest BCUT2D eigenvalue weighted by Crippen LogP contribution is -2.24. The third-order valence-electron chi connectivity index (χ3n) is 5.17. The average Bonchev–Trinajstić information content (AvgIpc) is 3.14. The number of ether oxygens (including phenoxy) is 1. The summed E-state index contributed by atoms with van der Waals surface area (Å²) in [6.07, 6.45) is 0.305. The van der Waals surface area contributed by atoms with Crippen LogP contribution < -0.4 is 0 Å². The monoisotopic (exact) mass is 455 g/mol. The first-order valence-electron chi connectivity index (χ1n) is 10.2. The van der Waals surface area contributed by atoms with Crippen LogP contribution in [0.5, 0.6) is 0 Å². The van der Waals surface area contributed by atoms with Gasteiger partial charge < -0.3 is 4.74 Å². The number of nitrogens with zero attached hydrogens (tertiary/aromatic N) is 4. The van der Waals surface area contributed by atoms with Crippen LogP contribution in [-0.4, -0.2) is 32.0 Å². The molecule has 6 nitrogen and oxygen atoms in total. The van der Waals surface area contributed by atoms with E-state index in [0.29, 0.717) is 11.4 Å². The molecule has 162 valence electrons. The number of thiophene rings is 1. The molecule has 0 fully saturated rings. The van der Waals surface area contributed by atoms with E-state index in [-0.39, 0.29) is 11.9 Å². The summed E-state index contributed by atoms with van der Waals surface area (Å²) in [5.41, 5.74) is 3.69. The number of hydrogen-bond acceptors (Lipinski definition) is 6. The summed E-state index contributed by atoms with van der Waals surface area (Å²) in [6, 6.07) is 7.35. The molecule has 3 aromatic rings. The Morgan fingerprint density at radius 1 is 1.16 bits per heavy atom. The van der Waals surface area contributed by atoms with E-state index >= 15 is 0 Å². The zero-order chi connectivity index (χ0) is 22.5. The summed E-state index contributed by atoms with van der Waals surface area (Å²) >= 11 is 7.86. The Morgan fingerprint density at radius 2 is 1.84 bits per heavy atom. The predicted molar refractivity (Wildman–Crippen MR) is 126 cm³/mol. The summed E-state index contributed by atoms with van der Waals surface area (Å²) in [5.74, 6) is 1.71. The van der Waals surface area contributed by atoms with Gasteiger partial charge in [-0.1, -0.05) is 23.7 Å². The number of halogens is 1. The zero-order valence-corrected chi connectivity index (χ0v) is 20.1. The molecule has 4 rings (SSSR count). The van der Waals surface area contributed by atoms with Crippen molar-refractivity contribution >= 4 is 34.5 Å². The summed E-state index contributed by atoms with van der Waals surface area (Å²) in [5, 5.41) is 19.0. The molecule has 31 heavy (non-hydrogen) atoms. The van der Waals surface area contributed by atoms with Crippen LogP contribution in [0.4, 0.5) is 0 Å². The SMILES string of the molecule is Cc1sc2c(c1C)C(c1ccc(Cl)cc1)=N[C@H](CC(=N)OC(C)(C)C)c1nnc(C)n1-2. The molecule has 0 radical (unpaired) electrons. The maximum Gasteiger partial charge on any atom is 0.183 e. The normalized spacial score (nSPS) is 15.7. The first-order chi connectivity index (χ1) is 14.5. The van der Waals surface area contributed by atoms with E-state index in [1.165, 1.54) is 10.4 Å². The molecule has 0 spiro atoms. The largest absolute Gasteiger partial charge is 0.475 e. The Balaban J connectivity index is 1.91. The number of rotatable bonds is 3. The van der Waals surface area contributed by atoms with Crippen molar-refractivity contribution in [3.8, 4) is 5.00 Å². The van der Waals surface area contributed by atoms with Crippen molar-refractivity contribution in [2.75, 3.05) is 0 Å². The fourth-order valence-corrected chi connectivity index (χ4v) is 5.06. The van der Waals surface area contributed by atoms with E-state index in [2.05, 4.69) is 28.6 Å². The van der Waals surface area contributed by atoms with E-state index in [4.69, 9.17) is 26.7 Å². The molecular weight excluding hydrogens is 430 g/mol. The van der Waals surface area contributed by atoms with Gasteiger partial charge in [0, 0.05) is 21.0 Å². The molecule has 3 heterocycles. The standard InChI is InChI=1S/C23H26ClN5OS/c1-12-13(2)31-22-19(12)20(15-7-9-16(24)10-8-15)26-17(11-18(25)30-23(4,5)6)21-28-27-14(3)29(21)22/h7-10,17,25H,11H2,1-6H3/t17-/m1/s1. The topological polar surface area (TPSA) is 76.2 Å². The molecule has 0 aliphatic carbocycles. The highest BCUT2D eigenvalue weighted by atomic mass is 35.5. The maximum absolute atomic E-state index is 8.44. The smallest absolute Gasteiger partial charge is 0.183 e. The van der Waals surface area contributed by atoms with E-state index < -0.39 is 5.60 Å². The minimum atomic E-state index is -0.444. The van der Waals surface area contributed by atoms with Crippen molar-refractivity contribution in [1.82, 2.24) is 14.8 Å². The van der Waals surface area contributed by atoms with Gasteiger partial charge >= 0.3 is 0 Å². The van der Waals surface area contributed by atoms with E-state index in [1.807, 2.05) is 52.0 Å². The number of nitrogens with one attached hydrogen (secondary N) is 1. The Kier molecular flexibility index (Phi) is 5.52. The third kappa shape index (κ3) is 4.16. The summed E-state index contributed by atoms with van der Waals surface area (Å²) in [6.45, 7) is 12.0. The van der Waals surface area contributed by atoms with Crippen molar-refractivity contribution in [1.29, 1.82) is 5.41 Å². The van der Waals surface area contributed by atoms with Gasteiger partial charge in [0.05, 0.1) is 12.1 Å². The Morgan fingerprint density at radius 3 is 2.48 bits per heavy atom. The third-order valence-corrected chi connectivity index (χ3v) is 6.61. The van der Waals surface area contributed by atoms with Crippen molar-refractivity contribution in [3.05, 3.63) is 62.5 Å². The van der Waals surface area contributed by atoms with Crippen molar-refractivity contribution in [2.45, 2.75) is 59.6 Å². The number of aryl methyl sites for hydroxylation is 2. The van der Waals surface area contributed by atoms with Gasteiger partial charge in [0.15, 0.2) is 11.7 Å². The van der Waals surface area contributed by atoms with Gasteiger partial charge in [-0.05, 0) is 59.2 Å². The molecule has 1 aromatic carbocycles. The molecule has 0 bridgehead atoms. The number of fused-ring (bicyclic) bond motifs is 3. The van der Waals surface area contributed by atoms with Crippen molar-refractivity contribution < 1.29 is 4.74 Å². The number of aromatic nitrogens is 3. The fourth-order valence-electron chi connectivity index (χ4n) is 3.72. The summed E-state index contributed by atoms with van der Waals surface area (Å²) in [7, 11) is 0. The Bertz CT molecular complexity index is 1180. The highest BCUT2D eigenvalue weighted by Gasteiger charge is 2.32. The molecule has 8 heteroatoms. The molecule has 1 aliphatic heterocycles. The zero-order valence-electron chi connectivity index (χ0n) is 18.6. The first-order valence-corrected chi connectivity index (χ1v) is 11.4. The van der Waals surface area contributed by atoms with E-state index in [1.54, 1.807) is 11.3 Å². The van der Waals surface area contributed by atoms with Crippen molar-refractivity contribution in [3.63, 3.8) is 0 Å². The second-order valence-corrected chi connectivity index (χ2v) is 10.4. The van der Waals surface area contributed by atoms with Gasteiger partial charge in [0.2, 0.25) is 0 Å². The number of benzene rings is 1. The number of aliphatic imine (C=N–C) groups is 1. The predicted octanol–water partition coefficient (Wildman–Crippen LogP) is 5.98. The second-order valence-electron chi connectivity index (χ2n) is 8.75. The minimum absolute atomic E-state index is 0.182. The van der Waals surface area contributed by atoms with Crippen LogP contribution in [0.15, 0.2) is 29.3 Å². The fraction of sp³-hybridized carbons (Fsp3) is 0.391. The van der Waals surface area contributed by atoms with Gasteiger partial charge in [-0.15, -0.1) is 21.5 Å². The quantitative estimate of drug-likeness (QED) is 0.389. The van der Waals surface area contributed by atoms with Gasteiger partial charge in [-0.2, -0.15) is 0 Å². The summed E-state index contributed by atoms with van der Waals surface area (Å²) < 4.78 is 7.89. The van der Waals surface area contributed by atoms with Gasteiger partial charge in [-0.25, -0.2) is 0 Å². The van der Waals surface area contributed by atoms with Crippen LogP contribution in [-0.2, 0) is 4.74 Å². The highest BCUT2D eigenvalue weighted by Crippen LogP contribution is 2.39. The van der Waals surface area contributed by atoms with Crippen LogP contribution in [0.1, 0.15) is 66.5 Å². The second kappa shape index (κ2) is 7.88. The average molecular weight is 456 g/mol. The molecular formula is C23H26ClN5OS. The number of hydrogen-bond donors (Lipinski definition) is 1. The molecule has 0 saturated carbocycles. The molecule has 1 atom stereocenters. The van der Waals surface area contributed by atoms with Crippen molar-refractivity contribution in [2.24, 2.45) is 4.99 Å². The molecule has 0 amide bonds. The van der Waals surface area contributed by atoms with Crippen LogP contribution in [0.2, 0.25) is 5.02 Å². The van der Waals surface area contributed by atoms with Gasteiger partial charge in [-0.3, -0.25) is 15.0 Å². The summed E-state index contributed by atoms with van der Waals surface area (Å²) in [4.78, 5) is 6.38.